The fourth-order valence-corrected chi connectivity index (χ4v) is 1.13. The lowest BCUT2D eigenvalue weighted by molar-refractivity contribution is 0.276. The molecule has 5 nitrogen and oxygen atoms in total. The summed E-state index contributed by atoms with van der Waals surface area (Å²) in [5.41, 5.74) is 7.54. The Morgan fingerprint density at radius 1 is 1.33 bits per heavy atom. The molecule has 1 radical (unpaired) electrons. The summed E-state index contributed by atoms with van der Waals surface area (Å²) in [6.45, 7) is 2.27. The molecular formula is C10H15N2O3. The summed E-state index contributed by atoms with van der Waals surface area (Å²) < 4.78 is 0. The molecule has 0 bridgehead atoms. The molecule has 1 atom stereocenters. The minimum Gasteiger partial charge on any atom is -0.504 e. The highest BCUT2D eigenvalue weighted by molar-refractivity contribution is 5.41. The van der Waals surface area contributed by atoms with Gasteiger partial charge in [0.2, 0.25) is 0 Å². The van der Waals surface area contributed by atoms with Crippen LogP contribution in [0.15, 0.2) is 18.2 Å². The van der Waals surface area contributed by atoms with Crippen molar-refractivity contribution in [2.24, 2.45) is 0 Å². The summed E-state index contributed by atoms with van der Waals surface area (Å²) in [6.07, 6.45) is 0. The molecule has 0 spiro atoms. The maximum Gasteiger partial charge on any atom is 0.157 e. The van der Waals surface area contributed by atoms with E-state index in [0.717, 1.165) is 5.56 Å². The van der Waals surface area contributed by atoms with Crippen LogP contribution < -0.4 is 10.9 Å². The number of rotatable bonds is 5. The van der Waals surface area contributed by atoms with Crippen LogP contribution in [-0.2, 0) is 0 Å². The number of nitrogens with one attached hydrogen (secondary N) is 1. The van der Waals surface area contributed by atoms with Crippen LogP contribution in [0, 0.1) is 0 Å². The van der Waals surface area contributed by atoms with Crippen molar-refractivity contribution in [1.82, 2.24) is 10.9 Å². The van der Waals surface area contributed by atoms with Crippen LogP contribution >= 0.6 is 0 Å². The summed E-state index contributed by atoms with van der Waals surface area (Å²) in [6, 6.07) is 4.42. The number of benzene rings is 1. The molecule has 5 heteroatoms. The van der Waals surface area contributed by atoms with E-state index >= 15 is 0 Å². The summed E-state index contributed by atoms with van der Waals surface area (Å²) in [7, 11) is 0. The zero-order valence-electron chi connectivity index (χ0n) is 8.51. The predicted octanol–water partition coefficient (Wildman–Crippen LogP) is 0.260. The molecule has 4 N–H and O–H groups in total. The van der Waals surface area contributed by atoms with Crippen LogP contribution in [0.25, 0.3) is 0 Å². The van der Waals surface area contributed by atoms with E-state index in [2.05, 4.69) is 10.9 Å². The Hall–Kier alpha value is -1.30. The molecule has 83 valence electrons. The van der Waals surface area contributed by atoms with Crippen LogP contribution in [-0.4, -0.2) is 28.5 Å². The van der Waals surface area contributed by atoms with Gasteiger partial charge in [-0.25, -0.2) is 5.43 Å². The van der Waals surface area contributed by atoms with E-state index in [4.69, 9.17) is 10.2 Å². The fourth-order valence-electron chi connectivity index (χ4n) is 1.13. The highest BCUT2D eigenvalue weighted by Crippen LogP contribution is 2.27. The topological polar surface area (TPSA) is 86.8 Å². The van der Waals surface area contributed by atoms with Gasteiger partial charge in [-0.1, -0.05) is 6.07 Å². The molecule has 0 aliphatic carbocycles. The molecule has 0 aliphatic rings. The Morgan fingerprint density at radius 3 is 2.67 bits per heavy atom. The second kappa shape index (κ2) is 5.55. The van der Waals surface area contributed by atoms with Crippen molar-refractivity contribution in [2.75, 3.05) is 13.2 Å². The third-order valence-corrected chi connectivity index (χ3v) is 1.99. The molecule has 0 heterocycles. The van der Waals surface area contributed by atoms with E-state index < -0.39 is 0 Å². The highest BCUT2D eigenvalue weighted by atomic mass is 16.3. The fraction of sp³-hybridized carbons (Fsp3) is 0.400. The number of hydrogen-bond donors (Lipinski definition) is 4. The third-order valence-electron chi connectivity index (χ3n) is 1.99. The molecule has 1 aromatic rings. The number of aliphatic hydroxyl groups excluding tert-OH is 1. The van der Waals surface area contributed by atoms with Gasteiger partial charge in [0, 0.05) is 6.54 Å². The molecule has 1 unspecified atom stereocenters. The maximum absolute atomic E-state index is 9.27. The van der Waals surface area contributed by atoms with Crippen LogP contribution in [0.3, 0.4) is 0 Å². The predicted molar refractivity (Wildman–Crippen MR) is 55.4 cm³/mol. The molecule has 15 heavy (non-hydrogen) atoms. The number of hydrogen-bond acceptors (Lipinski definition) is 4. The smallest absolute Gasteiger partial charge is 0.157 e. The van der Waals surface area contributed by atoms with Gasteiger partial charge in [-0.3, -0.25) is 0 Å². The highest BCUT2D eigenvalue weighted by Gasteiger charge is 2.08. The van der Waals surface area contributed by atoms with Crippen molar-refractivity contribution < 1.29 is 15.3 Å². The SMILES string of the molecule is CC([N]NCCO)c1ccc(O)c(O)c1. The average molecular weight is 211 g/mol. The zero-order chi connectivity index (χ0) is 11.3. The lowest BCUT2D eigenvalue weighted by Gasteiger charge is -2.12. The summed E-state index contributed by atoms with van der Waals surface area (Å²) in [4.78, 5) is 0. The van der Waals surface area contributed by atoms with E-state index in [1.165, 1.54) is 12.1 Å². The summed E-state index contributed by atoms with van der Waals surface area (Å²) >= 11 is 0. The molecule has 0 aliphatic heterocycles. The first-order valence-corrected chi connectivity index (χ1v) is 4.70. The molecule has 0 saturated heterocycles. The number of nitrogens with zero attached hydrogens (tertiary/aromatic N) is 1. The molecule has 1 aromatic carbocycles. The van der Waals surface area contributed by atoms with E-state index in [0.29, 0.717) is 6.54 Å². The van der Waals surface area contributed by atoms with Gasteiger partial charge in [0.05, 0.1) is 12.6 Å². The minimum atomic E-state index is -0.156. The minimum absolute atomic E-state index is 0.0248. The molecule has 1 rings (SSSR count). The molecular weight excluding hydrogens is 196 g/mol. The molecule has 0 saturated carbocycles. The standard InChI is InChI=1S/C10H15N2O3/c1-7(12-11-4-5-13)8-2-3-9(14)10(15)6-8/h2-3,6-7,11,13-15H,4-5H2,1H3. The van der Waals surface area contributed by atoms with Crippen LogP contribution in [0.1, 0.15) is 18.5 Å². The number of aliphatic hydroxyl groups is 1. The van der Waals surface area contributed by atoms with Crippen LogP contribution in [0.2, 0.25) is 0 Å². The third kappa shape index (κ3) is 3.39. The van der Waals surface area contributed by atoms with Crippen LogP contribution in [0.4, 0.5) is 0 Å². The average Bonchev–Trinajstić information content (AvgIpc) is 2.22. The Kier molecular flexibility index (Phi) is 4.36. The van der Waals surface area contributed by atoms with Gasteiger partial charge >= 0.3 is 0 Å². The van der Waals surface area contributed by atoms with Crippen molar-refractivity contribution in [3.05, 3.63) is 23.8 Å². The van der Waals surface area contributed by atoms with E-state index in [9.17, 15) is 5.11 Å². The van der Waals surface area contributed by atoms with Crippen molar-refractivity contribution in [1.29, 1.82) is 0 Å². The van der Waals surface area contributed by atoms with Gasteiger partial charge < -0.3 is 15.3 Å². The van der Waals surface area contributed by atoms with Gasteiger partial charge in [0.15, 0.2) is 11.5 Å². The summed E-state index contributed by atoms with van der Waals surface area (Å²) in [5.74, 6) is -0.300. The first kappa shape index (κ1) is 11.8. The van der Waals surface area contributed by atoms with E-state index in [-0.39, 0.29) is 24.1 Å². The van der Waals surface area contributed by atoms with Gasteiger partial charge in [-0.15, -0.1) is 0 Å². The molecule has 0 amide bonds. The van der Waals surface area contributed by atoms with Gasteiger partial charge in [0.1, 0.15) is 0 Å². The Morgan fingerprint density at radius 2 is 2.07 bits per heavy atom. The Bertz CT molecular complexity index is 318. The van der Waals surface area contributed by atoms with Gasteiger partial charge in [0.25, 0.3) is 0 Å². The van der Waals surface area contributed by atoms with Gasteiger partial charge in [-0.2, -0.15) is 5.43 Å². The zero-order valence-corrected chi connectivity index (χ0v) is 8.51. The van der Waals surface area contributed by atoms with Crippen LogP contribution in [0.5, 0.6) is 11.5 Å². The van der Waals surface area contributed by atoms with Crippen molar-refractivity contribution in [3.63, 3.8) is 0 Å². The summed E-state index contributed by atoms with van der Waals surface area (Å²) in [5, 5.41) is 26.9. The lowest BCUT2D eigenvalue weighted by atomic mass is 10.1. The Labute approximate surface area is 88.3 Å². The number of aromatic hydroxyl groups is 2. The quantitative estimate of drug-likeness (QED) is 0.319. The second-order valence-electron chi connectivity index (χ2n) is 3.18. The van der Waals surface area contributed by atoms with E-state index in [1.807, 2.05) is 6.92 Å². The van der Waals surface area contributed by atoms with Crippen molar-refractivity contribution >= 4 is 0 Å². The monoisotopic (exact) mass is 211 g/mol. The first-order chi connectivity index (χ1) is 7.15. The van der Waals surface area contributed by atoms with E-state index in [1.54, 1.807) is 6.07 Å². The van der Waals surface area contributed by atoms with Gasteiger partial charge in [-0.05, 0) is 24.6 Å². The maximum atomic E-state index is 9.27. The Balaban J connectivity index is 2.57. The lowest BCUT2D eigenvalue weighted by Crippen LogP contribution is -2.29. The first-order valence-electron chi connectivity index (χ1n) is 4.70. The molecule has 0 fully saturated rings. The number of phenolic OH excluding ortho intramolecular Hbond substituents is 2. The number of phenols is 2. The van der Waals surface area contributed by atoms with Crippen molar-refractivity contribution in [3.8, 4) is 11.5 Å². The largest absolute Gasteiger partial charge is 0.504 e. The molecule has 0 aromatic heterocycles. The normalized spacial score (nSPS) is 12.7. The second-order valence-corrected chi connectivity index (χ2v) is 3.18. The van der Waals surface area contributed by atoms with Crippen molar-refractivity contribution in [2.45, 2.75) is 13.0 Å².